The highest BCUT2D eigenvalue weighted by atomic mass is 19.1. The Morgan fingerprint density at radius 2 is 2.14 bits per heavy atom. The lowest BCUT2D eigenvalue weighted by Gasteiger charge is -2.16. The van der Waals surface area contributed by atoms with Gasteiger partial charge in [0.15, 0.2) is 5.76 Å². The molecule has 0 radical (unpaired) electrons. The number of carbonyl (C=O) groups excluding carboxylic acids is 2. The number of benzene rings is 1. The summed E-state index contributed by atoms with van der Waals surface area (Å²) >= 11 is 0. The van der Waals surface area contributed by atoms with Crippen LogP contribution in [0, 0.1) is 5.82 Å². The number of carbonyl (C=O) groups is 2. The van der Waals surface area contributed by atoms with Gasteiger partial charge in [-0.05, 0) is 36.8 Å². The van der Waals surface area contributed by atoms with Crippen LogP contribution < -0.4 is 5.32 Å². The molecule has 6 heteroatoms. The van der Waals surface area contributed by atoms with E-state index < -0.39 is 23.7 Å². The normalized spacial score (nSPS) is 11.7. The van der Waals surface area contributed by atoms with Gasteiger partial charge in [0.25, 0.3) is 5.91 Å². The van der Waals surface area contributed by atoms with Crippen LogP contribution in [-0.2, 0) is 16.0 Å². The van der Waals surface area contributed by atoms with E-state index in [0.717, 1.165) is 0 Å². The van der Waals surface area contributed by atoms with Crippen molar-refractivity contribution in [3.63, 3.8) is 0 Å². The number of hydrogen-bond acceptors (Lipinski definition) is 4. The minimum Gasteiger partial charge on any atom is -0.464 e. The van der Waals surface area contributed by atoms with Gasteiger partial charge in [0, 0.05) is 6.42 Å². The van der Waals surface area contributed by atoms with Gasteiger partial charge in [-0.25, -0.2) is 9.18 Å². The average Bonchev–Trinajstić information content (AvgIpc) is 3.01. The SMILES string of the molecule is CCOC(=O)[C@@H](Cc1cccc(F)c1)NC(=O)c1ccco1. The minimum absolute atomic E-state index is 0.0912. The monoisotopic (exact) mass is 305 g/mol. The maximum absolute atomic E-state index is 13.2. The molecule has 1 N–H and O–H groups in total. The number of esters is 1. The van der Waals surface area contributed by atoms with E-state index in [1.54, 1.807) is 25.1 Å². The third kappa shape index (κ3) is 4.18. The molecule has 0 fully saturated rings. The number of amides is 1. The number of ether oxygens (including phenoxy) is 1. The Labute approximate surface area is 127 Å². The van der Waals surface area contributed by atoms with Crippen LogP contribution >= 0.6 is 0 Å². The molecular formula is C16H16FNO4. The van der Waals surface area contributed by atoms with Gasteiger partial charge in [-0.2, -0.15) is 0 Å². The molecule has 1 aromatic carbocycles. The Kier molecular flexibility index (Phi) is 5.30. The van der Waals surface area contributed by atoms with E-state index in [9.17, 15) is 14.0 Å². The zero-order valence-electron chi connectivity index (χ0n) is 12.0. The summed E-state index contributed by atoms with van der Waals surface area (Å²) in [6, 6.07) is 7.98. The van der Waals surface area contributed by atoms with Gasteiger partial charge in [-0.3, -0.25) is 4.79 Å². The molecule has 0 bridgehead atoms. The topological polar surface area (TPSA) is 68.5 Å². The zero-order chi connectivity index (χ0) is 15.9. The van der Waals surface area contributed by atoms with E-state index in [2.05, 4.69) is 5.32 Å². The Morgan fingerprint density at radius 1 is 1.32 bits per heavy atom. The molecule has 0 aliphatic heterocycles. The third-order valence-corrected chi connectivity index (χ3v) is 2.95. The van der Waals surface area contributed by atoms with Crippen molar-refractivity contribution in [1.82, 2.24) is 5.32 Å². The van der Waals surface area contributed by atoms with Crippen LogP contribution in [0.1, 0.15) is 23.0 Å². The van der Waals surface area contributed by atoms with Crippen molar-refractivity contribution >= 4 is 11.9 Å². The lowest BCUT2D eigenvalue weighted by Crippen LogP contribution is -2.43. The summed E-state index contributed by atoms with van der Waals surface area (Å²) in [5.74, 6) is -1.42. The Balaban J connectivity index is 2.12. The summed E-state index contributed by atoms with van der Waals surface area (Å²) in [4.78, 5) is 24.0. The van der Waals surface area contributed by atoms with Gasteiger partial charge in [0.2, 0.25) is 0 Å². The predicted molar refractivity (Wildman–Crippen MR) is 76.7 cm³/mol. The van der Waals surface area contributed by atoms with Crippen LogP contribution in [0.4, 0.5) is 4.39 Å². The number of furan rings is 1. The summed E-state index contributed by atoms with van der Waals surface area (Å²) < 4.78 is 23.2. The van der Waals surface area contributed by atoms with Gasteiger partial charge in [0.05, 0.1) is 12.9 Å². The van der Waals surface area contributed by atoms with Crippen molar-refractivity contribution in [3.8, 4) is 0 Å². The molecule has 1 aromatic heterocycles. The molecular weight excluding hydrogens is 289 g/mol. The second-order valence-corrected chi connectivity index (χ2v) is 4.59. The van der Waals surface area contributed by atoms with Crippen LogP contribution in [0.15, 0.2) is 47.1 Å². The maximum atomic E-state index is 13.2. The van der Waals surface area contributed by atoms with Crippen molar-refractivity contribution in [2.45, 2.75) is 19.4 Å². The molecule has 0 saturated heterocycles. The predicted octanol–water partition coefficient (Wildman–Crippen LogP) is 2.32. The maximum Gasteiger partial charge on any atom is 0.328 e. The highest BCUT2D eigenvalue weighted by Gasteiger charge is 2.24. The van der Waals surface area contributed by atoms with Crippen molar-refractivity contribution in [2.24, 2.45) is 0 Å². The lowest BCUT2D eigenvalue weighted by molar-refractivity contribution is -0.145. The Hall–Kier alpha value is -2.63. The van der Waals surface area contributed by atoms with Crippen LogP contribution in [0.5, 0.6) is 0 Å². The van der Waals surface area contributed by atoms with Crippen molar-refractivity contribution in [1.29, 1.82) is 0 Å². The molecule has 0 aliphatic carbocycles. The second-order valence-electron chi connectivity index (χ2n) is 4.59. The van der Waals surface area contributed by atoms with E-state index in [1.165, 1.54) is 24.5 Å². The largest absolute Gasteiger partial charge is 0.464 e. The average molecular weight is 305 g/mol. The first-order chi connectivity index (χ1) is 10.6. The standard InChI is InChI=1S/C16H16FNO4/c1-2-21-16(20)13(10-11-5-3-6-12(17)9-11)18-15(19)14-7-4-8-22-14/h3-9,13H,2,10H2,1H3,(H,18,19)/t13-/m1/s1. The summed E-state index contributed by atoms with van der Waals surface area (Å²) in [5.41, 5.74) is 0.581. The molecule has 0 spiro atoms. The zero-order valence-corrected chi connectivity index (χ0v) is 12.0. The van der Waals surface area contributed by atoms with E-state index in [1.807, 2.05) is 0 Å². The lowest BCUT2D eigenvalue weighted by atomic mass is 10.1. The summed E-state index contributed by atoms with van der Waals surface area (Å²) in [6.07, 6.45) is 1.49. The van der Waals surface area contributed by atoms with E-state index in [4.69, 9.17) is 9.15 Å². The molecule has 0 unspecified atom stereocenters. The van der Waals surface area contributed by atoms with E-state index in [0.29, 0.717) is 5.56 Å². The van der Waals surface area contributed by atoms with Crippen LogP contribution in [0.25, 0.3) is 0 Å². The van der Waals surface area contributed by atoms with Crippen LogP contribution in [-0.4, -0.2) is 24.5 Å². The van der Waals surface area contributed by atoms with Crippen LogP contribution in [0.3, 0.4) is 0 Å². The molecule has 22 heavy (non-hydrogen) atoms. The van der Waals surface area contributed by atoms with Gasteiger partial charge in [0.1, 0.15) is 11.9 Å². The van der Waals surface area contributed by atoms with E-state index >= 15 is 0 Å². The van der Waals surface area contributed by atoms with Crippen molar-refractivity contribution in [2.75, 3.05) is 6.61 Å². The Morgan fingerprint density at radius 3 is 2.77 bits per heavy atom. The Bertz CT molecular complexity index is 639. The summed E-state index contributed by atoms with van der Waals surface area (Å²) in [5, 5.41) is 2.54. The fourth-order valence-electron chi connectivity index (χ4n) is 1.97. The first kappa shape index (κ1) is 15.8. The van der Waals surface area contributed by atoms with Crippen LogP contribution in [0.2, 0.25) is 0 Å². The van der Waals surface area contributed by atoms with Crippen molar-refractivity contribution in [3.05, 3.63) is 59.8 Å². The molecule has 1 atom stereocenters. The quantitative estimate of drug-likeness (QED) is 0.832. The third-order valence-electron chi connectivity index (χ3n) is 2.95. The van der Waals surface area contributed by atoms with E-state index in [-0.39, 0.29) is 18.8 Å². The van der Waals surface area contributed by atoms with Gasteiger partial charge in [-0.15, -0.1) is 0 Å². The summed E-state index contributed by atoms with van der Waals surface area (Å²) in [7, 11) is 0. The highest BCUT2D eigenvalue weighted by molar-refractivity contribution is 5.94. The summed E-state index contributed by atoms with van der Waals surface area (Å²) in [6.45, 7) is 1.86. The van der Waals surface area contributed by atoms with Gasteiger partial charge >= 0.3 is 5.97 Å². The highest BCUT2D eigenvalue weighted by Crippen LogP contribution is 2.09. The fraction of sp³-hybridized carbons (Fsp3) is 0.250. The first-order valence-electron chi connectivity index (χ1n) is 6.85. The molecule has 116 valence electrons. The molecule has 0 aliphatic rings. The smallest absolute Gasteiger partial charge is 0.328 e. The first-order valence-corrected chi connectivity index (χ1v) is 6.85. The number of nitrogens with one attached hydrogen (secondary N) is 1. The second kappa shape index (κ2) is 7.40. The fourth-order valence-corrected chi connectivity index (χ4v) is 1.97. The molecule has 0 saturated carbocycles. The number of rotatable bonds is 6. The molecule has 2 aromatic rings. The number of hydrogen-bond donors (Lipinski definition) is 1. The van der Waals surface area contributed by atoms with Crippen molar-refractivity contribution < 1.29 is 23.1 Å². The molecule has 5 nitrogen and oxygen atoms in total. The van der Waals surface area contributed by atoms with Gasteiger partial charge in [-0.1, -0.05) is 12.1 Å². The molecule has 1 heterocycles. The minimum atomic E-state index is -0.917. The number of halogens is 1. The van der Waals surface area contributed by atoms with Gasteiger partial charge < -0.3 is 14.5 Å². The molecule has 1 amide bonds. The molecule has 2 rings (SSSR count).